The van der Waals surface area contributed by atoms with Crippen LogP contribution in [-0.2, 0) is 20.9 Å². The topological polar surface area (TPSA) is 125 Å². The number of nitrogens with one attached hydrogen (secondary N) is 1. The summed E-state index contributed by atoms with van der Waals surface area (Å²) in [6.07, 6.45) is -0.836. The van der Waals surface area contributed by atoms with Crippen LogP contribution in [0.25, 0.3) is 0 Å². The van der Waals surface area contributed by atoms with Gasteiger partial charge in [0.05, 0.1) is 19.7 Å². The van der Waals surface area contributed by atoms with Crippen LogP contribution in [0.4, 0.5) is 4.79 Å². The predicted octanol–water partition coefficient (Wildman–Crippen LogP) is 2.51. The summed E-state index contributed by atoms with van der Waals surface area (Å²) in [5, 5.41) is 13.2. The zero-order valence-electron chi connectivity index (χ0n) is 19.0. The maximum atomic E-state index is 13.6. The summed E-state index contributed by atoms with van der Waals surface area (Å²) in [7, 11) is 1.26. The van der Waals surface area contributed by atoms with Gasteiger partial charge in [-0.15, -0.1) is 0 Å². The number of hydrogen-bond acceptors (Lipinski definition) is 5. The zero-order chi connectivity index (χ0) is 24.7. The van der Waals surface area contributed by atoms with E-state index in [-0.39, 0.29) is 36.4 Å². The summed E-state index contributed by atoms with van der Waals surface area (Å²) in [5.74, 6) is -1.24. The van der Waals surface area contributed by atoms with Crippen molar-refractivity contribution < 1.29 is 24.2 Å². The molecule has 2 amide bonds. The van der Waals surface area contributed by atoms with Crippen LogP contribution in [0.2, 0.25) is 5.02 Å². The van der Waals surface area contributed by atoms with Crippen molar-refractivity contribution >= 4 is 46.9 Å². The quantitative estimate of drug-likeness (QED) is 0.429. The highest BCUT2D eigenvalue weighted by atomic mass is 35.5. The molecule has 1 aromatic carbocycles. The van der Waals surface area contributed by atoms with Crippen LogP contribution >= 0.6 is 23.8 Å². The largest absolute Gasteiger partial charge is 0.467 e. The first-order valence-corrected chi connectivity index (χ1v) is 11.4. The fourth-order valence-electron chi connectivity index (χ4n) is 4.81. The Morgan fingerprint density at radius 1 is 1.30 bits per heavy atom. The number of thiocarbonyl (C=S) groups is 1. The summed E-state index contributed by atoms with van der Waals surface area (Å²) in [5.41, 5.74) is 6.65. The molecule has 1 saturated heterocycles. The minimum atomic E-state index is -1.09. The van der Waals surface area contributed by atoms with Gasteiger partial charge in [0, 0.05) is 17.5 Å². The lowest BCUT2D eigenvalue weighted by Crippen LogP contribution is -2.57. The fourth-order valence-corrected chi connectivity index (χ4v) is 5.17. The highest BCUT2D eigenvalue weighted by molar-refractivity contribution is 7.80. The van der Waals surface area contributed by atoms with Crippen molar-refractivity contribution in [3.63, 3.8) is 0 Å². The first kappa shape index (κ1) is 25.0. The van der Waals surface area contributed by atoms with Crippen LogP contribution in [0.1, 0.15) is 44.4 Å². The third kappa shape index (κ3) is 4.86. The number of likely N-dealkylation sites (tertiary alicyclic amines) is 1. The highest BCUT2D eigenvalue weighted by Gasteiger charge is 2.50. The van der Waals surface area contributed by atoms with E-state index < -0.39 is 35.6 Å². The van der Waals surface area contributed by atoms with Crippen molar-refractivity contribution in [3.05, 3.63) is 34.3 Å². The number of methoxy groups -OCH3 is 1. The molecular weight excluding hydrogens is 468 g/mol. The number of hydrogen-bond donors (Lipinski definition) is 3. The molecular formula is C22H29ClN4O5S. The molecule has 0 aliphatic carbocycles. The van der Waals surface area contributed by atoms with Crippen LogP contribution in [0.15, 0.2) is 18.2 Å². The summed E-state index contributed by atoms with van der Waals surface area (Å²) in [6.45, 7) is 5.91. The van der Waals surface area contributed by atoms with Gasteiger partial charge in [0.15, 0.2) is 5.11 Å². The molecule has 0 saturated carbocycles. The van der Waals surface area contributed by atoms with Gasteiger partial charge >= 0.3 is 12.1 Å². The van der Waals surface area contributed by atoms with Gasteiger partial charge < -0.3 is 25.8 Å². The molecule has 0 bridgehead atoms. The Morgan fingerprint density at radius 3 is 2.52 bits per heavy atom. The average Bonchev–Trinajstić information content (AvgIpc) is 3.32. The third-order valence-electron chi connectivity index (χ3n) is 6.32. The van der Waals surface area contributed by atoms with Crippen LogP contribution in [-0.4, -0.2) is 63.7 Å². The Morgan fingerprint density at radius 2 is 1.97 bits per heavy atom. The fraction of sp³-hybridized carbons (Fsp3) is 0.545. The summed E-state index contributed by atoms with van der Waals surface area (Å²) in [4.78, 5) is 41.1. The van der Waals surface area contributed by atoms with E-state index >= 15 is 0 Å². The highest BCUT2D eigenvalue weighted by Crippen LogP contribution is 2.46. The van der Waals surface area contributed by atoms with Crippen LogP contribution in [0, 0.1) is 11.3 Å². The van der Waals surface area contributed by atoms with Crippen molar-refractivity contribution in [2.45, 2.75) is 51.9 Å². The molecule has 1 unspecified atom stereocenters. The number of carbonyl (C=O) groups excluding carboxylic acids is 2. The van der Waals surface area contributed by atoms with E-state index in [1.807, 2.05) is 26.8 Å². The van der Waals surface area contributed by atoms with Crippen molar-refractivity contribution in [3.8, 4) is 0 Å². The summed E-state index contributed by atoms with van der Waals surface area (Å²) in [6, 6.07) is 3.17. The first-order chi connectivity index (χ1) is 15.4. The molecule has 11 heteroatoms. The molecule has 33 heavy (non-hydrogen) atoms. The summed E-state index contributed by atoms with van der Waals surface area (Å²) < 4.78 is 4.98. The maximum Gasteiger partial charge on any atom is 0.408 e. The maximum absolute atomic E-state index is 13.6. The normalized spacial score (nSPS) is 23.1. The lowest BCUT2D eigenvalue weighted by atomic mass is 9.85. The minimum Gasteiger partial charge on any atom is -0.467 e. The Kier molecular flexibility index (Phi) is 7.09. The second-order valence-corrected chi connectivity index (χ2v) is 10.3. The number of halogens is 1. The van der Waals surface area contributed by atoms with Gasteiger partial charge in [0.2, 0.25) is 5.91 Å². The van der Waals surface area contributed by atoms with Gasteiger partial charge in [-0.25, -0.2) is 9.59 Å². The smallest absolute Gasteiger partial charge is 0.408 e. The number of esters is 1. The Balaban J connectivity index is 1.99. The van der Waals surface area contributed by atoms with E-state index in [2.05, 4.69) is 5.32 Å². The second kappa shape index (κ2) is 9.34. The number of benzene rings is 1. The van der Waals surface area contributed by atoms with Crippen molar-refractivity contribution in [1.82, 2.24) is 15.1 Å². The predicted molar refractivity (Wildman–Crippen MR) is 127 cm³/mol. The van der Waals surface area contributed by atoms with Crippen molar-refractivity contribution in [2.75, 3.05) is 13.7 Å². The number of fused-ring (bicyclic) bond motifs is 1. The van der Waals surface area contributed by atoms with Gasteiger partial charge in [-0.2, -0.15) is 0 Å². The van der Waals surface area contributed by atoms with E-state index in [0.29, 0.717) is 5.02 Å². The number of carbonyl (C=O) groups is 3. The number of rotatable bonds is 4. The van der Waals surface area contributed by atoms with E-state index in [9.17, 15) is 19.5 Å². The molecule has 0 radical (unpaired) electrons. The SMILES string of the molecule is COC(=O)[C@@H]1C[C@@H](C2c3cccc(Cl)c3CN2C(=O)O)CN1C(=O)[C@@H](NC(N)=S)C(C)(C)C. The van der Waals surface area contributed by atoms with E-state index in [1.165, 1.54) is 16.9 Å². The average molecular weight is 497 g/mol. The summed E-state index contributed by atoms with van der Waals surface area (Å²) >= 11 is 11.3. The molecule has 3 rings (SSSR count). The van der Waals surface area contributed by atoms with E-state index in [4.69, 9.17) is 34.3 Å². The van der Waals surface area contributed by atoms with Gasteiger partial charge in [-0.3, -0.25) is 9.69 Å². The van der Waals surface area contributed by atoms with Crippen LogP contribution < -0.4 is 11.1 Å². The van der Waals surface area contributed by atoms with Gasteiger partial charge in [-0.05, 0) is 41.2 Å². The van der Waals surface area contributed by atoms with E-state index in [1.54, 1.807) is 12.1 Å². The molecule has 2 aliphatic heterocycles. The molecule has 4 atom stereocenters. The number of ether oxygens (including phenoxy) is 1. The standard InChI is InChI=1S/C22H29ClN4O5S/c1-22(2,3)17(25-20(24)33)18(28)26-9-11(8-15(26)19(29)32-4)16-12-6-5-7-14(23)13(12)10-27(16)21(30)31/h5-7,11,15-17H,8-10H2,1-4H3,(H,30,31)(H3,24,25,33)/t11-,15+,16?,17-/m1/s1. The number of carboxylic acid groups (broad SMARTS) is 1. The molecule has 1 fully saturated rings. The lowest BCUT2D eigenvalue weighted by molar-refractivity contribution is -0.152. The molecule has 0 spiro atoms. The second-order valence-electron chi connectivity index (χ2n) is 9.50. The van der Waals surface area contributed by atoms with Crippen LogP contribution in [0.3, 0.4) is 0 Å². The molecule has 1 aromatic rings. The Hall–Kier alpha value is -2.59. The van der Waals surface area contributed by atoms with E-state index in [0.717, 1.165) is 11.1 Å². The Bertz CT molecular complexity index is 982. The molecule has 4 N–H and O–H groups in total. The monoisotopic (exact) mass is 496 g/mol. The molecule has 9 nitrogen and oxygen atoms in total. The van der Waals surface area contributed by atoms with Gasteiger partial charge in [-0.1, -0.05) is 44.5 Å². The third-order valence-corrected chi connectivity index (χ3v) is 6.79. The number of nitrogens with two attached hydrogens (primary N) is 1. The van der Waals surface area contributed by atoms with Gasteiger partial charge in [0.25, 0.3) is 0 Å². The van der Waals surface area contributed by atoms with Crippen molar-refractivity contribution in [1.29, 1.82) is 0 Å². The molecule has 2 aliphatic rings. The lowest BCUT2D eigenvalue weighted by Gasteiger charge is -2.35. The van der Waals surface area contributed by atoms with Crippen molar-refractivity contribution in [2.24, 2.45) is 17.1 Å². The number of amides is 2. The van der Waals surface area contributed by atoms with Crippen LogP contribution in [0.5, 0.6) is 0 Å². The van der Waals surface area contributed by atoms with Gasteiger partial charge in [0.1, 0.15) is 12.1 Å². The Labute approximate surface area is 203 Å². The molecule has 0 aromatic heterocycles. The molecule has 180 valence electrons. The molecule has 2 heterocycles. The minimum absolute atomic E-state index is 0.0231. The zero-order valence-corrected chi connectivity index (χ0v) is 20.6. The first-order valence-electron chi connectivity index (χ1n) is 10.6. The number of nitrogens with zero attached hydrogens (tertiary/aromatic N) is 2.